The molecule has 0 fully saturated rings. The first-order valence-electron chi connectivity index (χ1n) is 8.89. The first kappa shape index (κ1) is 21.6. The maximum absolute atomic E-state index is 2.50. The van der Waals surface area contributed by atoms with Crippen molar-refractivity contribution in [3.05, 3.63) is 70.8 Å². The molecule has 133 valence electrons. The molecular weight excluding hydrogens is 438 g/mol. The van der Waals surface area contributed by atoms with E-state index in [-0.39, 0.29) is 24.8 Å². The fourth-order valence-corrected chi connectivity index (χ4v) is 7.24. The fraction of sp³-hybridized carbons (Fsp3) is 0.261. The van der Waals surface area contributed by atoms with Crippen LogP contribution in [0.2, 0.25) is 0 Å². The van der Waals surface area contributed by atoms with Crippen molar-refractivity contribution in [1.29, 1.82) is 0 Å². The smallest absolute Gasteiger partial charge is 1.00 e. The van der Waals surface area contributed by atoms with Gasteiger partial charge in [-0.2, -0.15) is 0 Å². The van der Waals surface area contributed by atoms with Crippen molar-refractivity contribution in [2.24, 2.45) is 0 Å². The first-order valence-corrected chi connectivity index (χ1v) is 11.3. The van der Waals surface area contributed by atoms with E-state index in [1.165, 1.54) is 16.7 Å². The van der Waals surface area contributed by atoms with Crippen LogP contribution in [-0.2, 0) is 35.6 Å². The van der Waals surface area contributed by atoms with Crippen molar-refractivity contribution in [3.63, 3.8) is 0 Å². The number of aryl methyl sites for hydroxylation is 1. The van der Waals surface area contributed by atoms with Crippen LogP contribution in [-0.4, -0.2) is 3.21 Å². The van der Waals surface area contributed by atoms with Crippen LogP contribution in [0.1, 0.15) is 49.4 Å². The molecule has 2 aromatic rings. The molecular formula is C23H23Cl2Zr. The number of hydrogen-bond acceptors (Lipinski definition) is 0. The second kappa shape index (κ2) is 8.96. The van der Waals surface area contributed by atoms with Gasteiger partial charge in [0.1, 0.15) is 0 Å². The molecule has 0 saturated heterocycles. The summed E-state index contributed by atoms with van der Waals surface area (Å²) in [4.78, 5) is 0. The normalized spacial score (nSPS) is 13.1. The molecule has 2 aliphatic carbocycles. The molecule has 0 bridgehead atoms. The summed E-state index contributed by atoms with van der Waals surface area (Å²) in [6.45, 7) is 6.99. The molecule has 0 spiro atoms. The molecule has 0 heterocycles. The van der Waals surface area contributed by atoms with Gasteiger partial charge in [0.15, 0.2) is 0 Å². The van der Waals surface area contributed by atoms with Crippen LogP contribution in [0.25, 0.3) is 16.7 Å². The summed E-state index contributed by atoms with van der Waals surface area (Å²) in [5.74, 6) is 0. The van der Waals surface area contributed by atoms with E-state index in [4.69, 9.17) is 0 Å². The van der Waals surface area contributed by atoms with Crippen LogP contribution < -0.4 is 28.1 Å². The van der Waals surface area contributed by atoms with E-state index in [0.29, 0.717) is 0 Å². The van der Waals surface area contributed by atoms with Gasteiger partial charge >= 0.3 is 157 Å². The summed E-state index contributed by atoms with van der Waals surface area (Å²) in [6.07, 6.45) is 10.2. The first-order chi connectivity index (χ1) is 11.7. The summed E-state index contributed by atoms with van der Waals surface area (Å²) < 4.78 is 3.41. The molecule has 4 rings (SSSR count). The van der Waals surface area contributed by atoms with Gasteiger partial charge in [0.05, 0.1) is 0 Å². The zero-order chi connectivity index (χ0) is 16.7. The summed E-state index contributed by atoms with van der Waals surface area (Å²) in [6, 6.07) is 11.5. The average molecular weight is 462 g/mol. The van der Waals surface area contributed by atoms with Gasteiger partial charge in [-0.15, -0.1) is 0 Å². The van der Waals surface area contributed by atoms with E-state index >= 15 is 0 Å². The Hall–Kier alpha value is -0.747. The van der Waals surface area contributed by atoms with Crippen LogP contribution in [0, 0.1) is 0 Å². The molecule has 0 radical (unpaired) electrons. The molecule has 0 aliphatic heterocycles. The average Bonchev–Trinajstić information content (AvgIpc) is 3.21. The van der Waals surface area contributed by atoms with Gasteiger partial charge in [0, 0.05) is 0 Å². The molecule has 0 atom stereocenters. The van der Waals surface area contributed by atoms with E-state index in [0.717, 1.165) is 19.3 Å². The van der Waals surface area contributed by atoms with Crippen molar-refractivity contribution < 1.29 is 47.6 Å². The number of benzene rings is 2. The van der Waals surface area contributed by atoms with Crippen LogP contribution in [0.4, 0.5) is 0 Å². The molecule has 0 N–H and O–H groups in total. The third-order valence-electron chi connectivity index (χ3n) is 5.04. The molecule has 2 aliphatic rings. The maximum Gasteiger partial charge on any atom is -1.00 e. The third-order valence-corrected chi connectivity index (χ3v) is 8.24. The second-order valence-electron chi connectivity index (χ2n) is 6.95. The number of fused-ring (bicyclic) bond motifs is 3. The van der Waals surface area contributed by atoms with Crippen molar-refractivity contribution in [3.8, 4) is 11.1 Å². The standard InChI is InChI=1S/C20H17.C3H6.2ClH.Zr/c1-2-14-12-20-17(11-16-9-5-6-10-18(16)20)13-19(14)15-7-3-4-8-15;1-3-2;;;/h3-7,9-10,12H,2,8,11H2,1H3;1-2H3;2*1H;/q;;;;+2/p-2. The van der Waals surface area contributed by atoms with Gasteiger partial charge in [-0.3, -0.25) is 0 Å². The molecule has 0 nitrogen and oxygen atoms in total. The van der Waals surface area contributed by atoms with Crippen LogP contribution in [0.5, 0.6) is 0 Å². The van der Waals surface area contributed by atoms with E-state index in [1.807, 2.05) is 0 Å². The van der Waals surface area contributed by atoms with Gasteiger partial charge < -0.3 is 24.8 Å². The summed E-state index contributed by atoms with van der Waals surface area (Å²) in [7, 11) is 0. The van der Waals surface area contributed by atoms with Crippen molar-refractivity contribution in [2.45, 2.75) is 40.0 Å². The van der Waals surface area contributed by atoms with E-state index < -0.39 is 22.8 Å². The van der Waals surface area contributed by atoms with Gasteiger partial charge in [0.2, 0.25) is 0 Å². The number of rotatable bonds is 3. The van der Waals surface area contributed by atoms with Crippen molar-refractivity contribution >= 4 is 12.1 Å². The predicted octanol–water partition coefficient (Wildman–Crippen LogP) is -0.908. The Bertz CT molecular complexity index is 916. The minimum Gasteiger partial charge on any atom is -1.00 e. The molecule has 2 aromatic carbocycles. The zero-order valence-corrected chi connectivity index (χ0v) is 19.5. The number of allylic oxidation sites excluding steroid dienone is 4. The van der Waals surface area contributed by atoms with E-state index in [9.17, 15) is 0 Å². The van der Waals surface area contributed by atoms with Gasteiger partial charge in [-0.05, 0) is 0 Å². The van der Waals surface area contributed by atoms with Crippen molar-refractivity contribution in [2.75, 3.05) is 0 Å². The monoisotopic (exact) mass is 459 g/mol. The molecule has 26 heavy (non-hydrogen) atoms. The summed E-state index contributed by atoms with van der Waals surface area (Å²) in [5.41, 5.74) is 10.9. The number of halogens is 2. The van der Waals surface area contributed by atoms with Crippen LogP contribution in [0.15, 0.2) is 48.6 Å². The molecule has 0 unspecified atom stereocenters. The predicted molar refractivity (Wildman–Crippen MR) is 102 cm³/mol. The number of hydrogen-bond donors (Lipinski definition) is 0. The Labute approximate surface area is 180 Å². The quantitative estimate of drug-likeness (QED) is 0.474. The molecule has 0 aromatic heterocycles. The molecule has 0 saturated carbocycles. The van der Waals surface area contributed by atoms with Gasteiger partial charge in [-0.25, -0.2) is 0 Å². The third kappa shape index (κ3) is 3.77. The van der Waals surface area contributed by atoms with Crippen molar-refractivity contribution in [1.82, 2.24) is 0 Å². The van der Waals surface area contributed by atoms with E-state index in [1.54, 1.807) is 28.7 Å². The minimum atomic E-state index is -0.684. The SMILES string of the molecule is CCc1cc2c([c]([Zr+2]=[C](C)C)c1C1=CC=CC1)Cc1ccccc1-2.[Cl-].[Cl-]. The fourth-order valence-electron chi connectivity index (χ4n) is 4.00. The largest absolute Gasteiger partial charge is 1.00 e. The Morgan fingerprint density at radius 3 is 2.50 bits per heavy atom. The van der Waals surface area contributed by atoms with Crippen LogP contribution >= 0.6 is 0 Å². The second-order valence-corrected chi connectivity index (χ2v) is 11.3. The Kier molecular flexibility index (Phi) is 7.43. The maximum atomic E-state index is 2.50. The topological polar surface area (TPSA) is 0 Å². The zero-order valence-electron chi connectivity index (χ0n) is 15.5. The Morgan fingerprint density at radius 1 is 1.08 bits per heavy atom. The molecule has 3 heteroatoms. The van der Waals surface area contributed by atoms with Gasteiger partial charge in [-0.1, -0.05) is 0 Å². The van der Waals surface area contributed by atoms with Crippen LogP contribution in [0.3, 0.4) is 0 Å². The van der Waals surface area contributed by atoms with Gasteiger partial charge in [0.25, 0.3) is 0 Å². The minimum absolute atomic E-state index is 0. The Morgan fingerprint density at radius 2 is 1.85 bits per heavy atom. The molecule has 0 amide bonds. The summed E-state index contributed by atoms with van der Waals surface area (Å²) in [5, 5.41) is 0. The Balaban J connectivity index is 0.00000121. The van der Waals surface area contributed by atoms with E-state index in [2.05, 4.69) is 69.3 Å². The summed E-state index contributed by atoms with van der Waals surface area (Å²) >= 11 is -0.684.